The second-order valence-electron chi connectivity index (χ2n) is 6.70. The summed E-state index contributed by atoms with van der Waals surface area (Å²) in [6.45, 7) is 4.58. The monoisotopic (exact) mass is 358 g/mol. The molecule has 140 valence electrons. The minimum atomic E-state index is -0.169. The number of hydrogen-bond acceptors (Lipinski definition) is 5. The molecule has 0 saturated carbocycles. The number of carbonyl (C=O) groups is 1. The van der Waals surface area contributed by atoms with E-state index in [4.69, 9.17) is 4.74 Å². The zero-order valence-corrected chi connectivity index (χ0v) is 15.1. The zero-order chi connectivity index (χ0) is 18.4. The van der Waals surface area contributed by atoms with Crippen LogP contribution < -0.4 is 5.32 Å². The van der Waals surface area contributed by atoms with Gasteiger partial charge >= 0.3 is 0 Å². The molecule has 1 atom stereocenters. The van der Waals surface area contributed by atoms with Crippen molar-refractivity contribution in [3.8, 4) is 17.0 Å². The van der Waals surface area contributed by atoms with Crippen LogP contribution in [0.25, 0.3) is 11.3 Å². The van der Waals surface area contributed by atoms with Crippen molar-refractivity contribution in [1.29, 1.82) is 0 Å². The van der Waals surface area contributed by atoms with Crippen molar-refractivity contribution >= 4 is 5.91 Å². The van der Waals surface area contributed by atoms with E-state index in [1.807, 2.05) is 6.07 Å². The number of benzene rings is 1. The van der Waals surface area contributed by atoms with Crippen LogP contribution >= 0.6 is 0 Å². The molecule has 0 bridgehead atoms. The third-order valence-corrected chi connectivity index (χ3v) is 4.75. The van der Waals surface area contributed by atoms with E-state index in [9.17, 15) is 9.90 Å². The van der Waals surface area contributed by atoms with Crippen molar-refractivity contribution in [2.24, 2.45) is 5.92 Å². The molecule has 1 aliphatic rings. The molecular weight excluding hydrogens is 332 g/mol. The number of nitrogens with one attached hydrogen (secondary N) is 2. The van der Waals surface area contributed by atoms with Gasteiger partial charge in [0, 0.05) is 38.9 Å². The van der Waals surface area contributed by atoms with Crippen molar-refractivity contribution in [2.75, 3.05) is 39.9 Å². The van der Waals surface area contributed by atoms with Crippen LogP contribution in [0.2, 0.25) is 0 Å². The van der Waals surface area contributed by atoms with Crippen molar-refractivity contribution in [2.45, 2.75) is 12.8 Å². The lowest BCUT2D eigenvalue weighted by Crippen LogP contribution is -2.31. The summed E-state index contributed by atoms with van der Waals surface area (Å²) in [5.74, 6) is 0.449. The molecular formula is C19H26N4O3. The Morgan fingerprint density at radius 1 is 1.46 bits per heavy atom. The van der Waals surface area contributed by atoms with Crippen LogP contribution in [0.4, 0.5) is 0 Å². The molecule has 1 aliphatic heterocycles. The van der Waals surface area contributed by atoms with Gasteiger partial charge in [0.05, 0.1) is 5.69 Å². The summed E-state index contributed by atoms with van der Waals surface area (Å²) in [6.07, 6.45) is 2.14. The van der Waals surface area contributed by atoms with Crippen molar-refractivity contribution in [3.05, 3.63) is 36.0 Å². The molecule has 0 spiro atoms. The van der Waals surface area contributed by atoms with Gasteiger partial charge in [0.2, 0.25) is 0 Å². The van der Waals surface area contributed by atoms with E-state index in [0.29, 0.717) is 29.4 Å². The average Bonchev–Trinajstić information content (AvgIpc) is 3.30. The van der Waals surface area contributed by atoms with Gasteiger partial charge in [-0.2, -0.15) is 5.10 Å². The van der Waals surface area contributed by atoms with Gasteiger partial charge in [0.1, 0.15) is 11.4 Å². The molecule has 1 fully saturated rings. The number of phenolic OH excluding ortho intramolecular Hbond substituents is 1. The fraction of sp³-hybridized carbons (Fsp3) is 0.474. The van der Waals surface area contributed by atoms with Gasteiger partial charge in [0.25, 0.3) is 5.91 Å². The predicted octanol–water partition coefficient (Wildman–Crippen LogP) is 1.87. The number of rotatable bonds is 8. The number of para-hydroxylation sites is 1. The lowest BCUT2D eigenvalue weighted by molar-refractivity contribution is 0.0942. The lowest BCUT2D eigenvalue weighted by atomic mass is 10.1. The molecule has 1 amide bonds. The summed E-state index contributed by atoms with van der Waals surface area (Å²) in [7, 11) is 1.72. The number of likely N-dealkylation sites (tertiary alicyclic amines) is 1. The molecule has 0 unspecified atom stereocenters. The quantitative estimate of drug-likeness (QED) is 0.627. The van der Waals surface area contributed by atoms with Crippen LogP contribution in [0.1, 0.15) is 23.3 Å². The Morgan fingerprint density at radius 3 is 3.12 bits per heavy atom. The van der Waals surface area contributed by atoms with Crippen LogP contribution in [-0.2, 0) is 4.74 Å². The molecule has 3 rings (SSSR count). The van der Waals surface area contributed by atoms with Gasteiger partial charge in [-0.15, -0.1) is 0 Å². The molecule has 2 aromatic rings. The summed E-state index contributed by atoms with van der Waals surface area (Å²) in [5.41, 5.74) is 1.56. The zero-order valence-electron chi connectivity index (χ0n) is 15.1. The van der Waals surface area contributed by atoms with E-state index in [-0.39, 0.29) is 11.7 Å². The first-order chi connectivity index (χ1) is 12.7. The van der Waals surface area contributed by atoms with E-state index < -0.39 is 0 Å². The molecule has 3 N–H and O–H groups in total. The number of phenols is 1. The summed E-state index contributed by atoms with van der Waals surface area (Å²) in [4.78, 5) is 14.8. The van der Waals surface area contributed by atoms with E-state index in [2.05, 4.69) is 20.4 Å². The highest BCUT2D eigenvalue weighted by atomic mass is 16.5. The number of hydrogen-bond donors (Lipinski definition) is 3. The van der Waals surface area contributed by atoms with Crippen LogP contribution in [0.15, 0.2) is 30.3 Å². The van der Waals surface area contributed by atoms with Gasteiger partial charge in [-0.1, -0.05) is 12.1 Å². The Morgan fingerprint density at radius 2 is 2.31 bits per heavy atom. The SMILES string of the molecule is COCCCN1CC[C@@H](CNC(=O)c2cc(-c3ccccc3O)n[nH]2)C1. The number of aromatic nitrogens is 2. The van der Waals surface area contributed by atoms with Gasteiger partial charge in [0.15, 0.2) is 0 Å². The molecule has 0 aliphatic carbocycles. The number of carbonyl (C=O) groups excluding carboxylic acids is 1. The number of aromatic amines is 1. The topological polar surface area (TPSA) is 90.5 Å². The largest absolute Gasteiger partial charge is 0.507 e. The molecule has 1 aromatic carbocycles. The molecule has 7 heteroatoms. The fourth-order valence-corrected chi connectivity index (χ4v) is 3.31. The molecule has 1 aromatic heterocycles. The van der Waals surface area contributed by atoms with E-state index in [1.54, 1.807) is 31.4 Å². The maximum absolute atomic E-state index is 12.3. The number of aromatic hydroxyl groups is 1. The second-order valence-corrected chi connectivity index (χ2v) is 6.70. The van der Waals surface area contributed by atoms with Crippen molar-refractivity contribution < 1.29 is 14.6 Å². The Labute approximate surface area is 153 Å². The minimum Gasteiger partial charge on any atom is -0.507 e. The Kier molecular flexibility index (Phi) is 6.25. The second kappa shape index (κ2) is 8.82. The lowest BCUT2D eigenvalue weighted by Gasteiger charge is -2.15. The molecule has 26 heavy (non-hydrogen) atoms. The smallest absolute Gasteiger partial charge is 0.269 e. The van der Waals surface area contributed by atoms with Crippen LogP contribution in [0.3, 0.4) is 0 Å². The highest BCUT2D eigenvalue weighted by Gasteiger charge is 2.23. The molecule has 0 radical (unpaired) electrons. The number of nitrogens with zero attached hydrogens (tertiary/aromatic N) is 2. The first-order valence-electron chi connectivity index (χ1n) is 9.00. The average molecular weight is 358 g/mol. The summed E-state index contributed by atoms with van der Waals surface area (Å²) in [5, 5.41) is 19.8. The minimum absolute atomic E-state index is 0.144. The predicted molar refractivity (Wildman–Crippen MR) is 99.1 cm³/mol. The third kappa shape index (κ3) is 4.62. The first-order valence-corrected chi connectivity index (χ1v) is 9.00. The van der Waals surface area contributed by atoms with Crippen LogP contribution in [0.5, 0.6) is 5.75 Å². The maximum atomic E-state index is 12.3. The van der Waals surface area contributed by atoms with E-state index in [0.717, 1.165) is 39.1 Å². The highest BCUT2D eigenvalue weighted by molar-refractivity contribution is 5.93. The first kappa shape index (κ1) is 18.4. The van der Waals surface area contributed by atoms with Crippen LogP contribution in [0, 0.1) is 5.92 Å². The Bertz CT molecular complexity index is 731. The highest BCUT2D eigenvalue weighted by Crippen LogP contribution is 2.27. The Balaban J connectivity index is 1.48. The molecule has 7 nitrogen and oxygen atoms in total. The fourth-order valence-electron chi connectivity index (χ4n) is 3.31. The summed E-state index contributed by atoms with van der Waals surface area (Å²) >= 11 is 0. The van der Waals surface area contributed by atoms with Crippen molar-refractivity contribution in [1.82, 2.24) is 20.4 Å². The van der Waals surface area contributed by atoms with Gasteiger partial charge in [-0.05, 0) is 43.5 Å². The Hall–Kier alpha value is -2.38. The maximum Gasteiger partial charge on any atom is 0.269 e. The third-order valence-electron chi connectivity index (χ3n) is 4.75. The summed E-state index contributed by atoms with van der Waals surface area (Å²) in [6, 6.07) is 8.60. The van der Waals surface area contributed by atoms with E-state index in [1.165, 1.54) is 0 Å². The number of amides is 1. The van der Waals surface area contributed by atoms with Crippen LogP contribution in [-0.4, -0.2) is 66.0 Å². The molecule has 1 saturated heterocycles. The van der Waals surface area contributed by atoms with Gasteiger partial charge < -0.3 is 20.1 Å². The number of H-pyrrole nitrogens is 1. The number of methoxy groups -OCH3 is 1. The standard InChI is InChI=1S/C19H26N4O3/c1-26-10-4-8-23-9-7-14(13-23)12-20-19(25)17-11-16(21-22-17)15-5-2-3-6-18(15)24/h2-3,5-6,11,14,24H,4,7-10,12-13H2,1H3,(H,20,25)(H,21,22)/t14-/m0/s1. The summed E-state index contributed by atoms with van der Waals surface area (Å²) < 4.78 is 5.09. The number of ether oxygens (including phenoxy) is 1. The van der Waals surface area contributed by atoms with Gasteiger partial charge in [-0.25, -0.2) is 0 Å². The van der Waals surface area contributed by atoms with E-state index >= 15 is 0 Å². The van der Waals surface area contributed by atoms with Gasteiger partial charge in [-0.3, -0.25) is 9.89 Å². The normalized spacial score (nSPS) is 17.5. The van der Waals surface area contributed by atoms with Crippen molar-refractivity contribution in [3.63, 3.8) is 0 Å². The molecule has 2 heterocycles.